The summed E-state index contributed by atoms with van der Waals surface area (Å²) in [7, 11) is -2.32. The van der Waals surface area contributed by atoms with Gasteiger partial charge in [-0.25, -0.2) is 13.6 Å². The number of fused-ring (bicyclic) bond motifs is 2. The van der Waals surface area contributed by atoms with E-state index < -0.39 is 10.0 Å². The third kappa shape index (κ3) is 5.07. The van der Waals surface area contributed by atoms with Crippen molar-refractivity contribution in [1.82, 2.24) is 4.57 Å². The number of sulfonamides is 1. The Labute approximate surface area is 224 Å². The molecular weight excluding hydrogens is 522 g/mol. The molecule has 9 nitrogen and oxygen atoms in total. The molecule has 0 bridgehead atoms. The normalized spacial score (nSPS) is 11.8. The number of benzene rings is 4. The monoisotopic (exact) mass is 545 g/mol. The SMILES string of the molecule is COc1ccc2c(c1)c(N=NC(=S)Nc1cccc(S(N)(=O)=O)c1)c(O)n2Cc1cccc2ccccc12. The van der Waals surface area contributed by atoms with Crippen LogP contribution in [0, 0.1) is 0 Å². The van der Waals surface area contributed by atoms with Crippen molar-refractivity contribution in [1.29, 1.82) is 0 Å². The molecule has 1 aromatic heterocycles. The van der Waals surface area contributed by atoms with Crippen molar-refractivity contribution >= 4 is 60.4 Å². The summed E-state index contributed by atoms with van der Waals surface area (Å²) in [5, 5.41) is 30.4. The maximum absolute atomic E-state index is 11.6. The van der Waals surface area contributed by atoms with Gasteiger partial charge in [-0.15, -0.1) is 10.2 Å². The van der Waals surface area contributed by atoms with Crippen molar-refractivity contribution in [2.24, 2.45) is 15.4 Å². The minimum Gasteiger partial charge on any atom is -0.497 e. The summed E-state index contributed by atoms with van der Waals surface area (Å²) in [5.41, 5.74) is 2.37. The fraction of sp³-hybridized carbons (Fsp3) is 0.0741. The van der Waals surface area contributed by atoms with Crippen molar-refractivity contribution in [2.75, 3.05) is 12.4 Å². The lowest BCUT2D eigenvalue weighted by Gasteiger charge is -2.10. The number of nitrogens with one attached hydrogen (secondary N) is 1. The molecule has 5 rings (SSSR count). The van der Waals surface area contributed by atoms with Gasteiger partial charge in [-0.2, -0.15) is 0 Å². The van der Waals surface area contributed by atoms with E-state index in [-0.39, 0.29) is 21.6 Å². The van der Waals surface area contributed by atoms with Crippen LogP contribution >= 0.6 is 12.2 Å². The van der Waals surface area contributed by atoms with Gasteiger partial charge in [-0.3, -0.25) is 0 Å². The van der Waals surface area contributed by atoms with Gasteiger partial charge in [0.05, 0.1) is 24.1 Å². The highest BCUT2D eigenvalue weighted by Gasteiger charge is 2.19. The number of methoxy groups -OCH3 is 1. The molecule has 4 N–H and O–H groups in total. The molecule has 0 aliphatic carbocycles. The first-order chi connectivity index (χ1) is 18.2. The van der Waals surface area contributed by atoms with Crippen LogP contribution in [0.15, 0.2) is 100 Å². The Bertz CT molecular complexity index is 1830. The second-order valence-electron chi connectivity index (χ2n) is 8.48. The van der Waals surface area contributed by atoms with Gasteiger partial charge in [0.2, 0.25) is 21.0 Å². The van der Waals surface area contributed by atoms with Crippen LogP contribution in [-0.2, 0) is 16.6 Å². The Morgan fingerprint density at radius 2 is 1.79 bits per heavy atom. The van der Waals surface area contributed by atoms with E-state index in [1.165, 1.54) is 18.2 Å². The molecule has 0 unspecified atom stereocenters. The Hall–Kier alpha value is -4.32. The fourth-order valence-electron chi connectivity index (χ4n) is 4.28. The Morgan fingerprint density at radius 1 is 1.03 bits per heavy atom. The molecular formula is C27H23N5O4S2. The van der Waals surface area contributed by atoms with Crippen molar-refractivity contribution in [2.45, 2.75) is 11.4 Å². The van der Waals surface area contributed by atoms with E-state index in [1.807, 2.05) is 54.6 Å². The van der Waals surface area contributed by atoms with Crippen LogP contribution in [0.1, 0.15) is 5.56 Å². The first kappa shape index (κ1) is 25.3. The summed E-state index contributed by atoms with van der Waals surface area (Å²) in [5.74, 6) is 0.515. The zero-order chi connectivity index (χ0) is 26.9. The molecule has 0 aliphatic rings. The number of ether oxygens (including phenoxy) is 1. The highest BCUT2D eigenvalue weighted by Crippen LogP contribution is 2.41. The Morgan fingerprint density at radius 3 is 2.58 bits per heavy atom. The van der Waals surface area contributed by atoms with Gasteiger partial charge in [0.15, 0.2) is 5.69 Å². The van der Waals surface area contributed by atoms with Crippen LogP contribution in [-0.4, -0.2) is 30.3 Å². The van der Waals surface area contributed by atoms with Crippen molar-refractivity contribution in [3.63, 3.8) is 0 Å². The summed E-state index contributed by atoms with van der Waals surface area (Å²) in [6.07, 6.45) is 0. The first-order valence-corrected chi connectivity index (χ1v) is 13.4. The smallest absolute Gasteiger partial charge is 0.238 e. The first-order valence-electron chi connectivity index (χ1n) is 11.5. The summed E-state index contributed by atoms with van der Waals surface area (Å²) in [6, 6.07) is 25.4. The molecule has 4 aromatic carbocycles. The van der Waals surface area contributed by atoms with Crippen molar-refractivity contribution in [3.05, 3.63) is 90.5 Å². The molecule has 5 aromatic rings. The number of anilines is 1. The molecule has 0 saturated heterocycles. The number of azo groups is 1. The molecule has 0 fully saturated rings. The number of aromatic nitrogens is 1. The van der Waals surface area contributed by atoms with Crippen LogP contribution in [0.4, 0.5) is 11.4 Å². The molecule has 1 heterocycles. The van der Waals surface area contributed by atoms with Gasteiger partial charge < -0.3 is 19.7 Å². The topological polar surface area (TPSA) is 131 Å². The largest absolute Gasteiger partial charge is 0.497 e. The predicted molar refractivity (Wildman–Crippen MR) is 152 cm³/mol. The van der Waals surface area contributed by atoms with Crippen molar-refractivity contribution in [3.8, 4) is 11.6 Å². The predicted octanol–water partition coefficient (Wildman–Crippen LogP) is 5.69. The molecule has 0 amide bonds. The molecule has 0 spiro atoms. The van der Waals surface area contributed by atoms with Crippen molar-refractivity contribution < 1.29 is 18.3 Å². The van der Waals surface area contributed by atoms with E-state index in [0.717, 1.165) is 21.9 Å². The number of hydrogen-bond donors (Lipinski definition) is 3. The molecule has 0 atom stereocenters. The quantitative estimate of drug-likeness (QED) is 0.186. The third-order valence-electron chi connectivity index (χ3n) is 6.08. The number of hydrogen-bond acceptors (Lipinski definition) is 6. The summed E-state index contributed by atoms with van der Waals surface area (Å²) >= 11 is 5.29. The molecule has 192 valence electrons. The van der Waals surface area contributed by atoms with E-state index in [9.17, 15) is 13.5 Å². The summed E-state index contributed by atoms with van der Waals surface area (Å²) < 4.78 is 30.4. The average Bonchev–Trinajstić information content (AvgIpc) is 3.16. The van der Waals surface area contributed by atoms with Gasteiger partial charge >= 0.3 is 0 Å². The Kier molecular flexibility index (Phi) is 6.81. The summed E-state index contributed by atoms with van der Waals surface area (Å²) in [4.78, 5) is -0.0662. The van der Waals surface area contributed by atoms with E-state index in [0.29, 0.717) is 23.4 Å². The van der Waals surface area contributed by atoms with Gasteiger partial charge in [-0.05, 0) is 65.0 Å². The Balaban J connectivity index is 1.51. The van der Waals surface area contributed by atoms with Crippen LogP contribution in [0.2, 0.25) is 0 Å². The maximum atomic E-state index is 11.6. The lowest BCUT2D eigenvalue weighted by Crippen LogP contribution is -2.13. The standard InChI is InChI=1S/C27H23N5O4S2/c1-36-20-12-13-24-23(15-20)25(30-31-27(37)29-19-9-5-10-21(14-19)38(28,34)35)26(33)32(24)16-18-8-4-7-17-6-2-3-11-22(17)18/h2-15,33H,16H2,1H3,(H,29,37)(H2,28,34,35). The van der Waals surface area contributed by atoms with E-state index >= 15 is 0 Å². The van der Waals surface area contributed by atoms with Crippen LogP contribution in [0.5, 0.6) is 11.6 Å². The van der Waals surface area contributed by atoms with E-state index in [1.54, 1.807) is 23.8 Å². The highest BCUT2D eigenvalue weighted by atomic mass is 32.2. The van der Waals surface area contributed by atoms with Crippen LogP contribution in [0.25, 0.3) is 21.7 Å². The number of thiocarbonyl (C=S) groups is 1. The molecule has 0 radical (unpaired) electrons. The molecule has 11 heteroatoms. The highest BCUT2D eigenvalue weighted by molar-refractivity contribution is 7.89. The minimum atomic E-state index is -3.87. The van der Waals surface area contributed by atoms with Gasteiger partial charge in [0, 0.05) is 11.1 Å². The lowest BCUT2D eigenvalue weighted by molar-refractivity contribution is 0.415. The number of nitrogens with two attached hydrogens (primary N) is 1. The van der Waals surface area contributed by atoms with E-state index in [2.05, 4.69) is 15.5 Å². The van der Waals surface area contributed by atoms with Crippen LogP contribution < -0.4 is 15.2 Å². The number of aromatic hydroxyl groups is 1. The second-order valence-corrected chi connectivity index (χ2v) is 10.4. The molecule has 0 aliphatic heterocycles. The number of rotatable bonds is 6. The molecule has 38 heavy (non-hydrogen) atoms. The zero-order valence-electron chi connectivity index (χ0n) is 20.2. The zero-order valence-corrected chi connectivity index (χ0v) is 21.8. The summed E-state index contributed by atoms with van der Waals surface area (Å²) in [6.45, 7) is 0.397. The minimum absolute atomic E-state index is 0.0335. The number of primary sulfonamides is 1. The molecule has 0 saturated carbocycles. The van der Waals surface area contributed by atoms with E-state index in [4.69, 9.17) is 22.1 Å². The van der Waals surface area contributed by atoms with Gasteiger partial charge in [0.25, 0.3) is 0 Å². The second kappa shape index (κ2) is 10.2. The average molecular weight is 546 g/mol. The van der Waals surface area contributed by atoms with Gasteiger partial charge in [0.1, 0.15) is 5.75 Å². The van der Waals surface area contributed by atoms with Crippen LogP contribution in [0.3, 0.4) is 0 Å². The number of nitrogens with zero attached hydrogens (tertiary/aromatic N) is 3. The van der Waals surface area contributed by atoms with Gasteiger partial charge in [-0.1, -0.05) is 48.5 Å². The lowest BCUT2D eigenvalue weighted by atomic mass is 10.0. The fourth-order valence-corrected chi connectivity index (χ4v) is 5.00. The third-order valence-corrected chi connectivity index (χ3v) is 7.17. The maximum Gasteiger partial charge on any atom is 0.238 e.